The third-order valence-corrected chi connectivity index (χ3v) is 3.53. The van der Waals surface area contributed by atoms with Gasteiger partial charge in [-0.1, -0.05) is 0 Å². The summed E-state index contributed by atoms with van der Waals surface area (Å²) >= 11 is 0. The lowest BCUT2D eigenvalue weighted by atomic mass is 9.85. The first-order valence-electron chi connectivity index (χ1n) is 6.09. The maximum atomic E-state index is 13.3. The van der Waals surface area contributed by atoms with Gasteiger partial charge in [-0.2, -0.15) is 0 Å². The molecule has 108 valence electrons. The van der Waals surface area contributed by atoms with Crippen molar-refractivity contribution in [2.24, 2.45) is 16.9 Å². The molecular formula is C13H16FN3O3. The molecule has 1 fully saturated rings. The second-order valence-electron chi connectivity index (χ2n) is 5.05. The summed E-state index contributed by atoms with van der Waals surface area (Å²) in [7, 11) is 0. The van der Waals surface area contributed by atoms with E-state index in [4.69, 9.17) is 16.2 Å². The molecule has 5 N–H and O–H groups in total. The van der Waals surface area contributed by atoms with Crippen LogP contribution in [0.25, 0.3) is 0 Å². The van der Waals surface area contributed by atoms with E-state index in [1.165, 1.54) is 12.1 Å². The maximum Gasteiger partial charge on any atom is 0.251 e. The number of rotatable bonds is 3. The van der Waals surface area contributed by atoms with Crippen LogP contribution in [0, 0.1) is 11.2 Å². The van der Waals surface area contributed by atoms with Gasteiger partial charge in [0.1, 0.15) is 5.82 Å². The van der Waals surface area contributed by atoms with Gasteiger partial charge in [0.05, 0.1) is 24.2 Å². The lowest BCUT2D eigenvalue weighted by Crippen LogP contribution is -2.47. The number of primary amides is 1. The van der Waals surface area contributed by atoms with E-state index < -0.39 is 23.2 Å². The summed E-state index contributed by atoms with van der Waals surface area (Å²) < 4.78 is 18.5. The van der Waals surface area contributed by atoms with Gasteiger partial charge in [0.2, 0.25) is 5.91 Å². The Balaban J connectivity index is 2.20. The molecule has 1 heterocycles. The van der Waals surface area contributed by atoms with Crippen molar-refractivity contribution < 1.29 is 18.7 Å². The highest BCUT2D eigenvalue weighted by atomic mass is 19.1. The van der Waals surface area contributed by atoms with Crippen LogP contribution in [0.3, 0.4) is 0 Å². The molecule has 2 atom stereocenters. The summed E-state index contributed by atoms with van der Waals surface area (Å²) in [6, 6.07) is 3.20. The zero-order chi connectivity index (χ0) is 14.9. The molecule has 1 aromatic rings. The highest BCUT2D eigenvalue weighted by Crippen LogP contribution is 2.29. The molecule has 1 saturated heterocycles. The van der Waals surface area contributed by atoms with Crippen molar-refractivity contribution in [3.05, 3.63) is 29.6 Å². The molecule has 0 saturated carbocycles. The van der Waals surface area contributed by atoms with Crippen molar-refractivity contribution in [1.29, 1.82) is 0 Å². The molecule has 0 bridgehead atoms. The van der Waals surface area contributed by atoms with Crippen LogP contribution in [0.4, 0.5) is 10.1 Å². The van der Waals surface area contributed by atoms with Gasteiger partial charge in [-0.25, -0.2) is 4.39 Å². The highest BCUT2D eigenvalue weighted by Gasteiger charge is 2.44. The topological polar surface area (TPSA) is 107 Å². The standard InChI is InChI=1S/C13H16FN3O3/c1-13(6-20-5-10(13)15)12(19)17-7-2-3-9(14)8(4-7)11(16)18/h2-4,10H,5-6,15H2,1H3,(H2,16,18)(H,17,19). The predicted molar refractivity (Wildman–Crippen MR) is 70.4 cm³/mol. The number of amides is 2. The number of carbonyl (C=O) groups excluding carboxylic acids is 2. The van der Waals surface area contributed by atoms with E-state index in [9.17, 15) is 14.0 Å². The SMILES string of the molecule is CC1(C(=O)Nc2ccc(F)c(C(N)=O)c2)COCC1N. The molecule has 0 radical (unpaired) electrons. The molecule has 2 amide bonds. The average molecular weight is 281 g/mol. The first kappa shape index (κ1) is 14.4. The maximum absolute atomic E-state index is 13.3. The van der Waals surface area contributed by atoms with E-state index in [1.807, 2.05) is 0 Å². The number of nitrogens with two attached hydrogens (primary N) is 2. The first-order chi connectivity index (χ1) is 9.34. The second-order valence-corrected chi connectivity index (χ2v) is 5.05. The Kier molecular flexibility index (Phi) is 3.74. The van der Waals surface area contributed by atoms with Crippen molar-refractivity contribution in [3.63, 3.8) is 0 Å². The second kappa shape index (κ2) is 5.18. The quantitative estimate of drug-likeness (QED) is 0.737. The lowest BCUT2D eigenvalue weighted by Gasteiger charge is -2.25. The smallest absolute Gasteiger partial charge is 0.251 e. The number of nitrogens with one attached hydrogen (secondary N) is 1. The van der Waals surface area contributed by atoms with E-state index in [-0.39, 0.29) is 23.8 Å². The highest BCUT2D eigenvalue weighted by molar-refractivity contribution is 5.98. The van der Waals surface area contributed by atoms with Crippen molar-refractivity contribution in [2.75, 3.05) is 18.5 Å². The van der Waals surface area contributed by atoms with Gasteiger partial charge in [-0.3, -0.25) is 9.59 Å². The molecule has 6 nitrogen and oxygen atoms in total. The van der Waals surface area contributed by atoms with E-state index in [0.29, 0.717) is 6.61 Å². The fourth-order valence-electron chi connectivity index (χ4n) is 1.99. The number of halogens is 1. The minimum Gasteiger partial charge on any atom is -0.379 e. The molecule has 0 aliphatic carbocycles. The van der Waals surface area contributed by atoms with Crippen LogP contribution >= 0.6 is 0 Å². The summed E-state index contributed by atoms with van der Waals surface area (Å²) in [5.74, 6) is -1.97. The molecule has 1 aromatic carbocycles. The Morgan fingerprint density at radius 1 is 1.50 bits per heavy atom. The number of carbonyl (C=O) groups is 2. The van der Waals surface area contributed by atoms with Crippen LogP contribution in [-0.2, 0) is 9.53 Å². The Morgan fingerprint density at radius 3 is 2.75 bits per heavy atom. The first-order valence-corrected chi connectivity index (χ1v) is 6.09. The minimum atomic E-state index is -0.897. The number of ether oxygens (including phenoxy) is 1. The number of hydrogen-bond donors (Lipinski definition) is 3. The fraction of sp³-hybridized carbons (Fsp3) is 0.385. The Labute approximate surface area is 115 Å². The van der Waals surface area contributed by atoms with Crippen molar-refractivity contribution in [2.45, 2.75) is 13.0 Å². The zero-order valence-electron chi connectivity index (χ0n) is 11.0. The molecule has 7 heteroatoms. The van der Waals surface area contributed by atoms with Crippen LogP contribution in [0.1, 0.15) is 17.3 Å². The van der Waals surface area contributed by atoms with Gasteiger partial charge in [-0.15, -0.1) is 0 Å². The third-order valence-electron chi connectivity index (χ3n) is 3.53. The molecule has 1 aliphatic rings. The molecule has 1 aliphatic heterocycles. The summed E-state index contributed by atoms with van der Waals surface area (Å²) in [5, 5.41) is 2.60. The van der Waals surface area contributed by atoms with Crippen LogP contribution in [0.2, 0.25) is 0 Å². The van der Waals surface area contributed by atoms with Crippen LogP contribution in [-0.4, -0.2) is 31.1 Å². The fourth-order valence-corrected chi connectivity index (χ4v) is 1.99. The van der Waals surface area contributed by atoms with E-state index >= 15 is 0 Å². The normalized spacial score (nSPS) is 25.4. The van der Waals surface area contributed by atoms with Gasteiger partial charge in [-0.05, 0) is 25.1 Å². The summed E-state index contributed by atoms with van der Waals surface area (Å²) in [6.45, 7) is 2.21. The molecule has 2 unspecified atom stereocenters. The Morgan fingerprint density at radius 2 is 2.20 bits per heavy atom. The van der Waals surface area contributed by atoms with Crippen LogP contribution < -0.4 is 16.8 Å². The number of benzene rings is 1. The molecule has 0 aromatic heterocycles. The van der Waals surface area contributed by atoms with E-state index in [0.717, 1.165) is 6.07 Å². The van der Waals surface area contributed by atoms with Gasteiger partial charge in [0, 0.05) is 11.7 Å². The average Bonchev–Trinajstić information content (AvgIpc) is 2.73. The summed E-state index contributed by atoms with van der Waals surface area (Å²) in [4.78, 5) is 23.3. The molecule has 20 heavy (non-hydrogen) atoms. The van der Waals surface area contributed by atoms with Crippen molar-refractivity contribution in [3.8, 4) is 0 Å². The van der Waals surface area contributed by atoms with Gasteiger partial charge >= 0.3 is 0 Å². The molecular weight excluding hydrogens is 265 g/mol. The van der Waals surface area contributed by atoms with Crippen molar-refractivity contribution >= 4 is 17.5 Å². The van der Waals surface area contributed by atoms with E-state index in [1.54, 1.807) is 6.92 Å². The van der Waals surface area contributed by atoms with Gasteiger partial charge in [0.25, 0.3) is 5.91 Å². The monoisotopic (exact) mass is 281 g/mol. The number of hydrogen-bond acceptors (Lipinski definition) is 4. The van der Waals surface area contributed by atoms with E-state index in [2.05, 4.69) is 5.32 Å². The van der Waals surface area contributed by atoms with Gasteiger partial charge < -0.3 is 21.5 Å². The number of anilines is 1. The lowest BCUT2D eigenvalue weighted by molar-refractivity contribution is -0.125. The Hall–Kier alpha value is -1.99. The Bertz CT molecular complexity index is 564. The minimum absolute atomic E-state index is 0.212. The summed E-state index contributed by atoms with van der Waals surface area (Å²) in [5.41, 5.74) is 10.0. The predicted octanol–water partition coefficient (Wildman–Crippen LogP) is 0.227. The summed E-state index contributed by atoms with van der Waals surface area (Å²) in [6.07, 6.45) is 0. The molecule has 2 rings (SSSR count). The van der Waals surface area contributed by atoms with Crippen LogP contribution in [0.15, 0.2) is 18.2 Å². The largest absolute Gasteiger partial charge is 0.379 e. The van der Waals surface area contributed by atoms with Gasteiger partial charge in [0.15, 0.2) is 0 Å². The van der Waals surface area contributed by atoms with Crippen LogP contribution in [0.5, 0.6) is 0 Å². The zero-order valence-corrected chi connectivity index (χ0v) is 11.0. The molecule has 0 spiro atoms. The third kappa shape index (κ3) is 2.50. The van der Waals surface area contributed by atoms with Crippen molar-refractivity contribution in [1.82, 2.24) is 0 Å².